The fourth-order valence-electron chi connectivity index (χ4n) is 3.26. The number of carbonyl (C=O) groups is 1. The predicted octanol–water partition coefficient (Wildman–Crippen LogP) is 4.76. The van der Waals surface area contributed by atoms with Crippen LogP contribution < -0.4 is 0 Å². The van der Waals surface area contributed by atoms with E-state index in [0.717, 1.165) is 11.3 Å². The van der Waals surface area contributed by atoms with E-state index in [2.05, 4.69) is 18.8 Å². The van der Waals surface area contributed by atoms with Crippen molar-refractivity contribution in [1.29, 1.82) is 0 Å². The van der Waals surface area contributed by atoms with Crippen molar-refractivity contribution in [3.05, 3.63) is 65.5 Å². The Morgan fingerprint density at radius 1 is 1.15 bits per heavy atom. The first kappa shape index (κ1) is 17.9. The molecule has 2 aromatic rings. The number of benzene rings is 2. The van der Waals surface area contributed by atoms with Crippen LogP contribution in [0.25, 0.3) is 0 Å². The molecule has 0 spiro atoms. The van der Waals surface area contributed by atoms with Gasteiger partial charge in [0.1, 0.15) is 17.7 Å². The van der Waals surface area contributed by atoms with Crippen LogP contribution in [-0.4, -0.2) is 27.9 Å². The highest BCUT2D eigenvalue weighted by atomic mass is 32.2. The molecule has 1 amide bonds. The second-order valence-electron chi connectivity index (χ2n) is 7.06. The van der Waals surface area contributed by atoms with Gasteiger partial charge in [-0.1, -0.05) is 55.9 Å². The smallest absolute Gasteiger partial charge is 0.259 e. The quantitative estimate of drug-likeness (QED) is 0.766. The van der Waals surface area contributed by atoms with Crippen LogP contribution in [0.5, 0.6) is 0 Å². The molecule has 2 aromatic carbocycles. The molecule has 2 aliphatic heterocycles. The lowest BCUT2D eigenvalue weighted by atomic mass is 10.0. The molecular weight excluding hydrogens is 361 g/mol. The van der Waals surface area contributed by atoms with Gasteiger partial charge in [-0.25, -0.2) is 14.3 Å². The lowest BCUT2D eigenvalue weighted by Crippen LogP contribution is -2.41. The third-order valence-electron chi connectivity index (χ3n) is 4.56. The Labute approximate surface area is 162 Å². The highest BCUT2D eigenvalue weighted by molar-refractivity contribution is 8.13. The zero-order chi connectivity index (χ0) is 19.0. The van der Waals surface area contributed by atoms with Gasteiger partial charge in [0.2, 0.25) is 0 Å². The van der Waals surface area contributed by atoms with Crippen LogP contribution in [-0.2, 0) is 10.5 Å². The normalized spacial score (nSPS) is 18.3. The third-order valence-corrected chi connectivity index (χ3v) is 5.54. The second-order valence-corrected chi connectivity index (χ2v) is 8.01. The second kappa shape index (κ2) is 7.27. The van der Waals surface area contributed by atoms with Crippen molar-refractivity contribution in [3.63, 3.8) is 0 Å². The van der Waals surface area contributed by atoms with Crippen molar-refractivity contribution in [2.45, 2.75) is 32.1 Å². The fourth-order valence-corrected chi connectivity index (χ4v) is 4.24. The van der Waals surface area contributed by atoms with Crippen LogP contribution in [0.1, 0.15) is 31.4 Å². The van der Waals surface area contributed by atoms with Crippen molar-refractivity contribution in [3.8, 4) is 0 Å². The molecule has 0 unspecified atom stereocenters. The predicted molar refractivity (Wildman–Crippen MR) is 108 cm³/mol. The number of carbonyl (C=O) groups excluding carboxylic acids is 1. The maximum Gasteiger partial charge on any atom is 0.259 e. The topological polar surface area (TPSA) is 45.0 Å². The Morgan fingerprint density at radius 3 is 2.67 bits per heavy atom. The molecule has 0 saturated carbocycles. The Morgan fingerprint density at radius 2 is 1.89 bits per heavy atom. The zero-order valence-electron chi connectivity index (χ0n) is 15.2. The van der Waals surface area contributed by atoms with Gasteiger partial charge in [0, 0.05) is 11.3 Å². The maximum atomic E-state index is 14.0. The number of halogens is 1. The van der Waals surface area contributed by atoms with E-state index in [9.17, 15) is 9.18 Å². The van der Waals surface area contributed by atoms with Crippen molar-refractivity contribution >= 4 is 34.4 Å². The Balaban J connectivity index is 1.68. The average Bonchev–Trinajstić information content (AvgIpc) is 2.97. The standard InChI is InChI=1S/C21H20FN3OS/c1-13(2)11-18-20(26)25-19(23-18)15-8-4-6-10-17(15)24-21(25)27-12-14-7-3-5-9-16(14)22/h3-10,13,18H,11-12H2,1-2H3/t18-/m0/s1. The molecule has 0 aromatic heterocycles. The molecule has 138 valence electrons. The summed E-state index contributed by atoms with van der Waals surface area (Å²) in [7, 11) is 0. The number of rotatable bonds is 4. The fraction of sp³-hybridized carbons (Fsp3) is 0.286. The van der Waals surface area contributed by atoms with Crippen LogP contribution in [0.15, 0.2) is 58.5 Å². The van der Waals surface area contributed by atoms with Crippen LogP contribution in [0.2, 0.25) is 0 Å². The molecule has 0 aliphatic carbocycles. The van der Waals surface area contributed by atoms with Crippen LogP contribution in [0.3, 0.4) is 0 Å². The summed E-state index contributed by atoms with van der Waals surface area (Å²) in [5.41, 5.74) is 2.25. The molecule has 4 nitrogen and oxygen atoms in total. The molecule has 1 atom stereocenters. The number of hydrogen-bond donors (Lipinski definition) is 0. The average molecular weight is 381 g/mol. The largest absolute Gasteiger partial charge is 0.271 e. The van der Waals surface area contributed by atoms with Crippen LogP contribution in [0, 0.1) is 11.7 Å². The van der Waals surface area contributed by atoms with Crippen molar-refractivity contribution in [2.75, 3.05) is 0 Å². The summed E-state index contributed by atoms with van der Waals surface area (Å²) in [5.74, 6) is 1.13. The number of amidine groups is 2. The summed E-state index contributed by atoms with van der Waals surface area (Å²) in [6, 6.07) is 14.0. The number of hydrogen-bond acceptors (Lipinski definition) is 4. The van der Waals surface area contributed by atoms with E-state index in [-0.39, 0.29) is 17.8 Å². The summed E-state index contributed by atoms with van der Waals surface area (Å²) in [6.07, 6.45) is 0.701. The maximum absolute atomic E-state index is 14.0. The molecule has 2 aliphatic rings. The number of nitrogens with zero attached hydrogens (tertiary/aromatic N) is 3. The first-order valence-corrected chi connectivity index (χ1v) is 9.99. The van der Waals surface area contributed by atoms with E-state index in [1.807, 2.05) is 30.3 Å². The summed E-state index contributed by atoms with van der Waals surface area (Å²) in [5, 5.41) is 0.562. The van der Waals surface area contributed by atoms with Gasteiger partial charge in [-0.3, -0.25) is 9.79 Å². The van der Waals surface area contributed by atoms with E-state index in [4.69, 9.17) is 4.99 Å². The molecular formula is C21H20FN3OS. The SMILES string of the molecule is CC(C)C[C@@H]1N=C2c3ccccc3N=C(SCc3ccccc3F)N2C1=O. The highest BCUT2D eigenvalue weighted by Gasteiger charge is 2.41. The van der Waals surface area contributed by atoms with E-state index < -0.39 is 0 Å². The molecule has 0 fully saturated rings. The van der Waals surface area contributed by atoms with Crippen LogP contribution >= 0.6 is 11.8 Å². The van der Waals surface area contributed by atoms with Gasteiger partial charge in [0.05, 0.1) is 5.69 Å². The van der Waals surface area contributed by atoms with Crippen LogP contribution in [0.4, 0.5) is 10.1 Å². The Hall–Kier alpha value is -2.47. The number of thioether (sulfide) groups is 1. The summed E-state index contributed by atoms with van der Waals surface area (Å²) < 4.78 is 14.0. The van der Waals surface area contributed by atoms with Crippen molar-refractivity contribution in [1.82, 2.24) is 4.90 Å². The van der Waals surface area contributed by atoms with E-state index >= 15 is 0 Å². The third kappa shape index (κ3) is 3.41. The summed E-state index contributed by atoms with van der Waals surface area (Å²) >= 11 is 1.36. The lowest BCUT2D eigenvalue weighted by Gasteiger charge is -2.25. The minimum absolute atomic E-state index is 0.0482. The minimum Gasteiger partial charge on any atom is -0.271 e. The van der Waals surface area contributed by atoms with Gasteiger partial charge < -0.3 is 0 Å². The Bertz CT molecular complexity index is 954. The first-order valence-electron chi connectivity index (χ1n) is 9.00. The van der Waals surface area contributed by atoms with Gasteiger partial charge in [0.25, 0.3) is 5.91 Å². The first-order chi connectivity index (χ1) is 13.0. The molecule has 0 bridgehead atoms. The monoisotopic (exact) mass is 381 g/mol. The lowest BCUT2D eigenvalue weighted by molar-refractivity contribution is -0.124. The van der Waals surface area contributed by atoms with E-state index in [1.165, 1.54) is 17.8 Å². The number of aliphatic imine (C=N–C) groups is 2. The molecule has 6 heteroatoms. The van der Waals surface area contributed by atoms with E-state index in [1.54, 1.807) is 17.0 Å². The zero-order valence-corrected chi connectivity index (χ0v) is 16.0. The van der Waals surface area contributed by atoms with Gasteiger partial charge in [-0.05, 0) is 36.1 Å². The number of fused-ring (bicyclic) bond motifs is 3. The molecule has 0 saturated heterocycles. The van der Waals surface area contributed by atoms with Crippen molar-refractivity contribution < 1.29 is 9.18 Å². The number of para-hydroxylation sites is 1. The minimum atomic E-state index is -0.384. The Kier molecular flexibility index (Phi) is 4.83. The van der Waals surface area contributed by atoms with Gasteiger partial charge in [-0.2, -0.15) is 0 Å². The number of amides is 1. The van der Waals surface area contributed by atoms with Gasteiger partial charge in [-0.15, -0.1) is 0 Å². The summed E-state index contributed by atoms with van der Waals surface area (Å²) in [4.78, 5) is 24.0. The van der Waals surface area contributed by atoms with Gasteiger partial charge in [0.15, 0.2) is 5.17 Å². The molecule has 27 heavy (non-hydrogen) atoms. The van der Waals surface area contributed by atoms with Crippen molar-refractivity contribution in [2.24, 2.45) is 15.9 Å². The molecule has 0 N–H and O–H groups in total. The van der Waals surface area contributed by atoms with E-state index in [0.29, 0.717) is 34.7 Å². The van der Waals surface area contributed by atoms with Gasteiger partial charge >= 0.3 is 0 Å². The molecule has 0 radical (unpaired) electrons. The highest BCUT2D eigenvalue weighted by Crippen LogP contribution is 2.35. The summed E-state index contributed by atoms with van der Waals surface area (Å²) in [6.45, 7) is 4.17. The molecule has 2 heterocycles. The molecule has 4 rings (SSSR count).